The molecule has 4 rings (SSSR count). The van der Waals surface area contributed by atoms with Gasteiger partial charge in [0.05, 0.1) is 24.0 Å². The molecule has 3 aromatic rings. The lowest BCUT2D eigenvalue weighted by Crippen LogP contribution is -2.32. The maximum Gasteiger partial charge on any atom is 0.338 e. The van der Waals surface area contributed by atoms with Crippen LogP contribution in [0.15, 0.2) is 94.4 Å². The van der Waals surface area contributed by atoms with Gasteiger partial charge in [-0.25, -0.2) is 9.69 Å². The second kappa shape index (κ2) is 11.1. The van der Waals surface area contributed by atoms with Crippen molar-refractivity contribution in [2.45, 2.75) is 31.8 Å². The van der Waals surface area contributed by atoms with Crippen LogP contribution >= 0.6 is 11.8 Å². The Morgan fingerprint density at radius 3 is 2.19 bits per heavy atom. The summed E-state index contributed by atoms with van der Waals surface area (Å²) in [4.78, 5) is 41.4. The van der Waals surface area contributed by atoms with E-state index in [0.29, 0.717) is 29.3 Å². The van der Waals surface area contributed by atoms with Crippen LogP contribution in [0, 0.1) is 0 Å². The van der Waals surface area contributed by atoms with Crippen LogP contribution in [0.4, 0.5) is 11.4 Å². The summed E-state index contributed by atoms with van der Waals surface area (Å²) in [5.74, 6) is -0.681. The summed E-state index contributed by atoms with van der Waals surface area (Å²) in [6, 6.07) is 22.8. The first-order chi connectivity index (χ1) is 17.4. The zero-order chi connectivity index (χ0) is 25.7. The van der Waals surface area contributed by atoms with Crippen molar-refractivity contribution in [1.29, 1.82) is 0 Å². The zero-order valence-corrected chi connectivity index (χ0v) is 21.0. The number of nitrogens with zero attached hydrogens (tertiary/aromatic N) is 1. The van der Waals surface area contributed by atoms with Crippen molar-refractivity contribution in [2.75, 3.05) is 16.8 Å². The number of carbonyl (C=O) groups is 3. The van der Waals surface area contributed by atoms with Crippen LogP contribution in [0.3, 0.4) is 0 Å². The summed E-state index contributed by atoms with van der Waals surface area (Å²) in [6.07, 6.45) is -0.253. The number of anilines is 2. The van der Waals surface area contributed by atoms with Gasteiger partial charge in [-0.1, -0.05) is 30.0 Å². The SMILES string of the molecule is CCOc1ccc(NC2=C(Sc3ccccc3)C(=O)N(c3ccc(C(=O)OC(C)C)cc3)C2=O)cc1. The molecule has 0 aromatic heterocycles. The van der Waals surface area contributed by atoms with Crippen LogP contribution in [0.1, 0.15) is 31.1 Å². The normalized spacial score (nSPS) is 13.4. The number of hydrogen-bond acceptors (Lipinski definition) is 7. The standard InChI is InChI=1S/C28H26N2O5S/c1-4-34-22-16-12-20(13-17-22)29-24-25(36-23-8-6-5-7-9-23)27(32)30(26(24)31)21-14-10-19(11-15-21)28(33)35-18(2)3/h5-18,29H,4H2,1-3H3. The van der Waals surface area contributed by atoms with E-state index in [1.54, 1.807) is 62.4 Å². The number of carbonyl (C=O) groups excluding carboxylic acids is 3. The molecule has 0 atom stereocenters. The van der Waals surface area contributed by atoms with Gasteiger partial charge in [0.2, 0.25) is 0 Å². The summed E-state index contributed by atoms with van der Waals surface area (Å²) >= 11 is 1.22. The number of ether oxygens (including phenoxy) is 2. The molecule has 7 nitrogen and oxygen atoms in total. The fourth-order valence-electron chi connectivity index (χ4n) is 3.53. The highest BCUT2D eigenvalue weighted by Gasteiger charge is 2.40. The molecular weight excluding hydrogens is 476 g/mol. The largest absolute Gasteiger partial charge is 0.494 e. The van der Waals surface area contributed by atoms with E-state index in [4.69, 9.17) is 9.47 Å². The fraction of sp³-hybridized carbons (Fsp3) is 0.179. The Morgan fingerprint density at radius 1 is 0.917 bits per heavy atom. The summed E-state index contributed by atoms with van der Waals surface area (Å²) in [7, 11) is 0. The van der Waals surface area contributed by atoms with E-state index in [1.807, 2.05) is 37.3 Å². The van der Waals surface area contributed by atoms with E-state index in [9.17, 15) is 14.4 Å². The summed E-state index contributed by atoms with van der Waals surface area (Å²) in [6.45, 7) is 5.99. The third kappa shape index (κ3) is 5.60. The Kier molecular flexibility index (Phi) is 7.75. The van der Waals surface area contributed by atoms with Gasteiger partial charge in [0.15, 0.2) is 0 Å². The van der Waals surface area contributed by atoms with Gasteiger partial charge in [-0.05, 0) is 81.4 Å². The number of thioether (sulfide) groups is 1. The Morgan fingerprint density at radius 2 is 1.58 bits per heavy atom. The van der Waals surface area contributed by atoms with Crippen LogP contribution in [-0.2, 0) is 14.3 Å². The van der Waals surface area contributed by atoms with Crippen molar-refractivity contribution < 1.29 is 23.9 Å². The van der Waals surface area contributed by atoms with Crippen molar-refractivity contribution in [3.63, 3.8) is 0 Å². The molecule has 0 radical (unpaired) electrons. The van der Waals surface area contributed by atoms with Gasteiger partial charge in [-0.15, -0.1) is 0 Å². The van der Waals surface area contributed by atoms with Crippen LogP contribution in [-0.4, -0.2) is 30.5 Å². The Hall–Kier alpha value is -4.04. The minimum Gasteiger partial charge on any atom is -0.494 e. The summed E-state index contributed by atoms with van der Waals surface area (Å²) in [5.41, 5.74) is 1.53. The number of nitrogens with one attached hydrogen (secondary N) is 1. The van der Waals surface area contributed by atoms with Gasteiger partial charge in [-0.3, -0.25) is 9.59 Å². The van der Waals surface area contributed by atoms with Gasteiger partial charge in [0, 0.05) is 10.6 Å². The molecule has 0 bridgehead atoms. The van der Waals surface area contributed by atoms with E-state index >= 15 is 0 Å². The number of amides is 2. The quantitative estimate of drug-likeness (QED) is 0.299. The average molecular weight is 503 g/mol. The van der Waals surface area contributed by atoms with Crippen molar-refractivity contribution in [2.24, 2.45) is 0 Å². The number of rotatable bonds is 9. The van der Waals surface area contributed by atoms with Gasteiger partial charge < -0.3 is 14.8 Å². The molecule has 1 aliphatic rings. The molecule has 1 N–H and O–H groups in total. The molecule has 3 aromatic carbocycles. The first kappa shape index (κ1) is 25.1. The van der Waals surface area contributed by atoms with Gasteiger partial charge >= 0.3 is 5.97 Å². The Bertz CT molecular complexity index is 1290. The number of esters is 1. The molecule has 0 fully saturated rings. The highest BCUT2D eigenvalue weighted by atomic mass is 32.2. The lowest BCUT2D eigenvalue weighted by atomic mass is 10.2. The Balaban J connectivity index is 1.64. The predicted molar refractivity (Wildman–Crippen MR) is 140 cm³/mol. The second-order valence-corrected chi connectivity index (χ2v) is 9.23. The highest BCUT2D eigenvalue weighted by Crippen LogP contribution is 2.38. The van der Waals surface area contributed by atoms with E-state index in [2.05, 4.69) is 5.32 Å². The van der Waals surface area contributed by atoms with E-state index in [-0.39, 0.29) is 16.7 Å². The monoisotopic (exact) mass is 502 g/mol. The molecule has 0 spiro atoms. The molecule has 0 saturated heterocycles. The molecule has 2 amide bonds. The topological polar surface area (TPSA) is 84.9 Å². The highest BCUT2D eigenvalue weighted by molar-refractivity contribution is 8.04. The molecular formula is C28H26N2O5S. The van der Waals surface area contributed by atoms with Crippen molar-refractivity contribution in [1.82, 2.24) is 0 Å². The van der Waals surface area contributed by atoms with Crippen LogP contribution in [0.5, 0.6) is 5.75 Å². The lowest BCUT2D eigenvalue weighted by molar-refractivity contribution is -0.120. The molecule has 0 aliphatic carbocycles. The second-order valence-electron chi connectivity index (χ2n) is 8.15. The van der Waals surface area contributed by atoms with Gasteiger partial charge in [0.1, 0.15) is 16.4 Å². The molecule has 0 unspecified atom stereocenters. The first-order valence-corrected chi connectivity index (χ1v) is 12.4. The Labute approximate surface area is 214 Å². The van der Waals surface area contributed by atoms with Crippen molar-refractivity contribution in [3.05, 3.63) is 95.0 Å². The van der Waals surface area contributed by atoms with Crippen molar-refractivity contribution >= 4 is 40.9 Å². The van der Waals surface area contributed by atoms with Gasteiger partial charge in [0.25, 0.3) is 11.8 Å². The first-order valence-electron chi connectivity index (χ1n) is 11.5. The molecule has 1 aliphatic heterocycles. The summed E-state index contributed by atoms with van der Waals surface area (Å²) in [5, 5.41) is 3.13. The van der Waals surface area contributed by atoms with Gasteiger partial charge in [-0.2, -0.15) is 0 Å². The maximum absolute atomic E-state index is 13.5. The van der Waals surface area contributed by atoms with Crippen LogP contribution in [0.25, 0.3) is 0 Å². The lowest BCUT2D eigenvalue weighted by Gasteiger charge is -2.16. The van der Waals surface area contributed by atoms with E-state index in [1.165, 1.54) is 11.8 Å². The molecule has 36 heavy (non-hydrogen) atoms. The minimum atomic E-state index is -0.482. The molecule has 8 heteroatoms. The molecule has 184 valence electrons. The molecule has 1 heterocycles. The average Bonchev–Trinajstić information content (AvgIpc) is 3.09. The third-order valence-corrected chi connectivity index (χ3v) is 6.23. The molecule has 0 saturated carbocycles. The number of hydrogen-bond donors (Lipinski definition) is 1. The number of benzene rings is 3. The smallest absolute Gasteiger partial charge is 0.338 e. The zero-order valence-electron chi connectivity index (χ0n) is 20.2. The van der Waals surface area contributed by atoms with E-state index < -0.39 is 17.8 Å². The third-order valence-electron chi connectivity index (χ3n) is 5.14. The summed E-state index contributed by atoms with van der Waals surface area (Å²) < 4.78 is 10.7. The van der Waals surface area contributed by atoms with Crippen LogP contribution in [0.2, 0.25) is 0 Å². The minimum absolute atomic E-state index is 0.182. The maximum atomic E-state index is 13.5. The number of imide groups is 1. The van der Waals surface area contributed by atoms with E-state index in [0.717, 1.165) is 9.80 Å². The van der Waals surface area contributed by atoms with Crippen molar-refractivity contribution in [3.8, 4) is 5.75 Å². The fourth-order valence-corrected chi connectivity index (χ4v) is 4.48. The predicted octanol–water partition coefficient (Wildman–Crippen LogP) is 5.64. The van der Waals surface area contributed by atoms with Crippen LogP contribution < -0.4 is 15.0 Å².